The van der Waals surface area contributed by atoms with Crippen molar-refractivity contribution in [2.45, 2.75) is 19.3 Å². The molecule has 0 aliphatic rings. The first kappa shape index (κ1) is 10.4. The third-order valence-corrected chi connectivity index (χ3v) is 2.66. The van der Waals surface area contributed by atoms with E-state index in [4.69, 9.17) is 28.5 Å². The summed E-state index contributed by atoms with van der Waals surface area (Å²) in [5.41, 5.74) is 0.359. The van der Waals surface area contributed by atoms with Gasteiger partial charge in [-0.15, -0.1) is 0 Å². The van der Waals surface area contributed by atoms with Gasteiger partial charge < -0.3 is 0 Å². The van der Waals surface area contributed by atoms with Crippen molar-refractivity contribution in [3.05, 3.63) is 33.8 Å². The van der Waals surface area contributed by atoms with Crippen molar-refractivity contribution in [2.75, 3.05) is 0 Å². The van der Waals surface area contributed by atoms with Crippen LogP contribution in [0.25, 0.3) is 0 Å². The zero-order valence-corrected chi connectivity index (χ0v) is 8.95. The average molecular weight is 214 g/mol. The number of hydrogen-bond acceptors (Lipinski definition) is 1. The summed E-state index contributed by atoms with van der Waals surface area (Å²) in [6.45, 7) is 3.68. The van der Waals surface area contributed by atoms with E-state index in [0.29, 0.717) is 10.0 Å². The van der Waals surface area contributed by atoms with Crippen LogP contribution in [0.4, 0.5) is 0 Å². The maximum absolute atomic E-state index is 8.88. The van der Waals surface area contributed by atoms with Crippen LogP contribution in [0.15, 0.2) is 18.2 Å². The van der Waals surface area contributed by atoms with Gasteiger partial charge in [0.1, 0.15) is 0 Å². The molecule has 0 saturated heterocycles. The van der Waals surface area contributed by atoms with Gasteiger partial charge >= 0.3 is 0 Å². The molecule has 0 atom stereocenters. The molecule has 1 aromatic rings. The Morgan fingerprint density at radius 3 is 2.31 bits per heavy atom. The van der Waals surface area contributed by atoms with Gasteiger partial charge in [0.2, 0.25) is 0 Å². The minimum atomic E-state index is -0.520. The monoisotopic (exact) mass is 213 g/mol. The molecular weight excluding hydrogens is 205 g/mol. The maximum Gasteiger partial charge on any atom is 0.0766 e. The minimum absolute atomic E-state index is 0.488. The summed E-state index contributed by atoms with van der Waals surface area (Å²) in [5, 5.41) is 9.88. The van der Waals surface area contributed by atoms with Crippen LogP contribution in [0.3, 0.4) is 0 Å². The van der Waals surface area contributed by atoms with E-state index in [-0.39, 0.29) is 0 Å². The molecule has 0 unspecified atom stereocenters. The van der Waals surface area contributed by atoms with Gasteiger partial charge in [0.25, 0.3) is 0 Å². The summed E-state index contributed by atoms with van der Waals surface area (Å²) in [6.07, 6.45) is 0. The van der Waals surface area contributed by atoms with Gasteiger partial charge in [-0.1, -0.05) is 29.3 Å². The highest BCUT2D eigenvalue weighted by Gasteiger charge is 2.20. The zero-order valence-electron chi connectivity index (χ0n) is 7.44. The van der Waals surface area contributed by atoms with Crippen molar-refractivity contribution in [3.8, 4) is 6.07 Å². The van der Waals surface area contributed by atoms with Crippen LogP contribution >= 0.6 is 23.2 Å². The molecule has 0 aromatic heterocycles. The van der Waals surface area contributed by atoms with Crippen molar-refractivity contribution in [2.24, 2.45) is 0 Å². The quantitative estimate of drug-likeness (QED) is 0.697. The fraction of sp³-hybridized carbons (Fsp3) is 0.300. The van der Waals surface area contributed by atoms with E-state index in [0.717, 1.165) is 5.56 Å². The average Bonchev–Trinajstić information content (AvgIpc) is 2.09. The molecule has 0 bridgehead atoms. The Kier molecular flexibility index (Phi) is 2.85. The molecule has 0 aliphatic carbocycles. The van der Waals surface area contributed by atoms with Gasteiger partial charge in [-0.05, 0) is 31.5 Å². The van der Waals surface area contributed by atoms with Gasteiger partial charge in [-0.2, -0.15) is 5.26 Å². The van der Waals surface area contributed by atoms with E-state index in [1.165, 1.54) is 0 Å². The molecule has 0 N–H and O–H groups in total. The van der Waals surface area contributed by atoms with E-state index in [9.17, 15) is 0 Å². The molecule has 1 nitrogen and oxygen atoms in total. The van der Waals surface area contributed by atoms with Gasteiger partial charge in [-0.25, -0.2) is 0 Å². The number of benzene rings is 1. The second-order valence-corrected chi connectivity index (χ2v) is 4.18. The molecule has 1 rings (SSSR count). The smallest absolute Gasteiger partial charge is 0.0766 e. The lowest BCUT2D eigenvalue weighted by Crippen LogP contribution is -2.13. The lowest BCUT2D eigenvalue weighted by Gasteiger charge is -2.15. The number of rotatable bonds is 1. The fourth-order valence-electron chi connectivity index (χ4n) is 0.949. The summed E-state index contributed by atoms with van der Waals surface area (Å²) in [5.74, 6) is 0. The first-order valence-corrected chi connectivity index (χ1v) is 4.60. The van der Waals surface area contributed by atoms with E-state index >= 15 is 0 Å². The molecule has 0 spiro atoms. The molecule has 0 fully saturated rings. The standard InChI is InChI=1S/C10H9Cl2N/c1-10(2,6-13)7-3-4-8(11)9(12)5-7/h3-5H,1-2H3. The Morgan fingerprint density at radius 1 is 1.23 bits per heavy atom. The summed E-state index contributed by atoms with van der Waals surface area (Å²) in [7, 11) is 0. The van der Waals surface area contributed by atoms with E-state index in [1.54, 1.807) is 12.1 Å². The van der Waals surface area contributed by atoms with Crippen LogP contribution in [0.5, 0.6) is 0 Å². The zero-order chi connectivity index (χ0) is 10.1. The van der Waals surface area contributed by atoms with Crippen molar-refractivity contribution in [1.29, 1.82) is 5.26 Å². The summed E-state index contributed by atoms with van der Waals surface area (Å²) in [6, 6.07) is 7.46. The number of nitrogens with zero attached hydrogens (tertiary/aromatic N) is 1. The Balaban J connectivity index is 3.20. The normalized spacial score (nSPS) is 11.0. The largest absolute Gasteiger partial charge is 0.197 e. The first-order valence-electron chi connectivity index (χ1n) is 3.84. The van der Waals surface area contributed by atoms with Crippen molar-refractivity contribution in [3.63, 3.8) is 0 Å². The van der Waals surface area contributed by atoms with Crippen molar-refractivity contribution < 1.29 is 0 Å². The number of halogens is 2. The number of hydrogen-bond donors (Lipinski definition) is 0. The maximum atomic E-state index is 8.88. The van der Waals surface area contributed by atoms with Crippen LogP contribution in [0, 0.1) is 11.3 Å². The Morgan fingerprint density at radius 2 is 1.85 bits per heavy atom. The first-order chi connectivity index (χ1) is 5.97. The molecule has 0 radical (unpaired) electrons. The fourth-order valence-corrected chi connectivity index (χ4v) is 1.25. The molecular formula is C10H9Cl2N. The number of nitriles is 1. The molecule has 13 heavy (non-hydrogen) atoms. The summed E-state index contributed by atoms with van der Waals surface area (Å²) in [4.78, 5) is 0. The highest BCUT2D eigenvalue weighted by atomic mass is 35.5. The molecule has 3 heteroatoms. The predicted octanol–water partition coefficient (Wildman–Crippen LogP) is 3.79. The van der Waals surface area contributed by atoms with Gasteiger partial charge in [0.15, 0.2) is 0 Å². The molecule has 68 valence electrons. The lowest BCUT2D eigenvalue weighted by molar-refractivity contribution is 0.687. The summed E-state index contributed by atoms with van der Waals surface area (Å²) >= 11 is 11.6. The van der Waals surface area contributed by atoms with Crippen LogP contribution in [0.1, 0.15) is 19.4 Å². The van der Waals surface area contributed by atoms with Gasteiger partial charge in [0.05, 0.1) is 21.5 Å². The Labute approximate surface area is 87.9 Å². The van der Waals surface area contributed by atoms with Crippen molar-refractivity contribution in [1.82, 2.24) is 0 Å². The summed E-state index contributed by atoms with van der Waals surface area (Å²) < 4.78 is 0. The molecule has 0 aliphatic heterocycles. The molecule has 0 saturated carbocycles. The molecule has 0 heterocycles. The second-order valence-electron chi connectivity index (χ2n) is 3.37. The third kappa shape index (κ3) is 2.15. The van der Waals surface area contributed by atoms with Crippen LogP contribution in [-0.2, 0) is 5.41 Å². The van der Waals surface area contributed by atoms with Crippen LogP contribution in [0.2, 0.25) is 10.0 Å². The topological polar surface area (TPSA) is 23.8 Å². The van der Waals surface area contributed by atoms with E-state index < -0.39 is 5.41 Å². The molecule has 0 amide bonds. The third-order valence-electron chi connectivity index (χ3n) is 1.92. The minimum Gasteiger partial charge on any atom is -0.197 e. The van der Waals surface area contributed by atoms with E-state index in [1.807, 2.05) is 19.9 Å². The highest BCUT2D eigenvalue weighted by molar-refractivity contribution is 6.42. The highest BCUT2D eigenvalue weighted by Crippen LogP contribution is 2.29. The van der Waals surface area contributed by atoms with Gasteiger partial charge in [0, 0.05) is 0 Å². The van der Waals surface area contributed by atoms with Crippen LogP contribution < -0.4 is 0 Å². The lowest BCUT2D eigenvalue weighted by atomic mass is 9.86. The SMILES string of the molecule is CC(C)(C#N)c1ccc(Cl)c(Cl)c1. The van der Waals surface area contributed by atoms with Gasteiger partial charge in [-0.3, -0.25) is 0 Å². The second kappa shape index (κ2) is 3.57. The van der Waals surface area contributed by atoms with E-state index in [2.05, 4.69) is 6.07 Å². The predicted molar refractivity (Wildman–Crippen MR) is 55.1 cm³/mol. The Hall–Kier alpha value is -0.710. The molecule has 1 aromatic carbocycles. The van der Waals surface area contributed by atoms with Crippen molar-refractivity contribution >= 4 is 23.2 Å². The van der Waals surface area contributed by atoms with Crippen LogP contribution in [-0.4, -0.2) is 0 Å². The Bertz CT molecular complexity index is 364.